The van der Waals surface area contributed by atoms with E-state index in [0.29, 0.717) is 5.92 Å². The molecule has 1 saturated carbocycles. The highest BCUT2D eigenvalue weighted by molar-refractivity contribution is 5.12. The fourth-order valence-corrected chi connectivity index (χ4v) is 1.46. The standard InChI is InChI=1S/C8H12N2O/c1-10-5-4-7(9-10)6-2-3-8(6)11/h4-6,8,11H,2-3H2,1H3. The van der Waals surface area contributed by atoms with Crippen molar-refractivity contribution in [2.24, 2.45) is 7.05 Å². The second kappa shape index (κ2) is 2.34. The molecule has 1 aliphatic rings. The Labute approximate surface area is 65.7 Å². The number of aliphatic hydroxyl groups excluding tert-OH is 1. The maximum absolute atomic E-state index is 9.32. The van der Waals surface area contributed by atoms with E-state index in [0.717, 1.165) is 18.5 Å². The molecule has 0 aromatic carbocycles. The first-order chi connectivity index (χ1) is 5.27. The lowest BCUT2D eigenvalue weighted by atomic mass is 9.80. The van der Waals surface area contributed by atoms with E-state index in [-0.39, 0.29) is 6.10 Å². The fourth-order valence-electron chi connectivity index (χ4n) is 1.46. The molecule has 60 valence electrons. The average molecular weight is 152 g/mol. The van der Waals surface area contributed by atoms with Gasteiger partial charge in [0, 0.05) is 19.2 Å². The van der Waals surface area contributed by atoms with Crippen LogP contribution in [0.25, 0.3) is 0 Å². The van der Waals surface area contributed by atoms with E-state index in [1.54, 1.807) is 4.68 Å². The lowest BCUT2D eigenvalue weighted by molar-refractivity contribution is 0.0640. The van der Waals surface area contributed by atoms with Crippen LogP contribution in [-0.2, 0) is 7.05 Å². The molecule has 1 fully saturated rings. The molecule has 2 unspecified atom stereocenters. The highest BCUT2D eigenvalue weighted by Crippen LogP contribution is 2.35. The summed E-state index contributed by atoms with van der Waals surface area (Å²) in [5.74, 6) is 0.302. The largest absolute Gasteiger partial charge is 0.392 e. The smallest absolute Gasteiger partial charge is 0.0681 e. The zero-order valence-corrected chi connectivity index (χ0v) is 6.57. The number of aryl methyl sites for hydroxylation is 1. The van der Waals surface area contributed by atoms with Crippen LogP contribution in [0.3, 0.4) is 0 Å². The third-order valence-corrected chi connectivity index (χ3v) is 2.35. The van der Waals surface area contributed by atoms with E-state index >= 15 is 0 Å². The van der Waals surface area contributed by atoms with Crippen molar-refractivity contribution in [3.05, 3.63) is 18.0 Å². The third-order valence-electron chi connectivity index (χ3n) is 2.35. The van der Waals surface area contributed by atoms with Crippen molar-refractivity contribution >= 4 is 0 Å². The minimum atomic E-state index is -0.148. The van der Waals surface area contributed by atoms with Crippen molar-refractivity contribution in [3.63, 3.8) is 0 Å². The van der Waals surface area contributed by atoms with E-state index in [4.69, 9.17) is 0 Å². The summed E-state index contributed by atoms with van der Waals surface area (Å²) in [6.45, 7) is 0. The summed E-state index contributed by atoms with van der Waals surface area (Å²) in [4.78, 5) is 0. The summed E-state index contributed by atoms with van der Waals surface area (Å²) in [5.41, 5.74) is 1.03. The molecule has 0 spiro atoms. The number of hydrogen-bond donors (Lipinski definition) is 1. The zero-order chi connectivity index (χ0) is 7.84. The van der Waals surface area contributed by atoms with Crippen LogP contribution in [0.1, 0.15) is 24.5 Å². The van der Waals surface area contributed by atoms with E-state index in [1.165, 1.54) is 0 Å². The van der Waals surface area contributed by atoms with Gasteiger partial charge in [-0.1, -0.05) is 0 Å². The van der Waals surface area contributed by atoms with Crippen LogP contribution in [0.15, 0.2) is 12.3 Å². The highest BCUT2D eigenvalue weighted by Gasteiger charge is 2.31. The molecule has 0 amide bonds. The summed E-state index contributed by atoms with van der Waals surface area (Å²) in [5, 5.41) is 13.6. The van der Waals surface area contributed by atoms with Crippen molar-refractivity contribution in [1.29, 1.82) is 0 Å². The summed E-state index contributed by atoms with van der Waals surface area (Å²) in [6.07, 6.45) is 3.78. The molecule has 3 heteroatoms. The molecule has 1 heterocycles. The lowest BCUT2D eigenvalue weighted by Gasteiger charge is -2.30. The van der Waals surface area contributed by atoms with Crippen LogP contribution in [0.5, 0.6) is 0 Å². The number of rotatable bonds is 1. The van der Waals surface area contributed by atoms with E-state index in [9.17, 15) is 5.11 Å². The molecule has 0 saturated heterocycles. The molecule has 1 aromatic rings. The number of nitrogens with zero attached hydrogens (tertiary/aromatic N) is 2. The normalized spacial score (nSPS) is 30.0. The van der Waals surface area contributed by atoms with Gasteiger partial charge in [-0.05, 0) is 18.9 Å². The van der Waals surface area contributed by atoms with Crippen LogP contribution >= 0.6 is 0 Å². The van der Waals surface area contributed by atoms with Crippen molar-refractivity contribution in [3.8, 4) is 0 Å². The monoisotopic (exact) mass is 152 g/mol. The van der Waals surface area contributed by atoms with Crippen molar-refractivity contribution in [1.82, 2.24) is 9.78 Å². The topological polar surface area (TPSA) is 38.0 Å². The molecule has 0 bridgehead atoms. The number of hydrogen-bond acceptors (Lipinski definition) is 2. The molecule has 1 aromatic heterocycles. The Morgan fingerprint density at radius 1 is 1.64 bits per heavy atom. The van der Waals surface area contributed by atoms with Gasteiger partial charge in [0.2, 0.25) is 0 Å². The van der Waals surface area contributed by atoms with E-state index in [1.807, 2.05) is 19.3 Å². The first-order valence-electron chi connectivity index (χ1n) is 3.95. The molecule has 0 radical (unpaired) electrons. The molecule has 0 aliphatic heterocycles. The molecule has 1 N–H and O–H groups in total. The van der Waals surface area contributed by atoms with Gasteiger partial charge in [-0.3, -0.25) is 4.68 Å². The van der Waals surface area contributed by atoms with Gasteiger partial charge in [0.25, 0.3) is 0 Å². The van der Waals surface area contributed by atoms with Crippen LogP contribution in [0, 0.1) is 0 Å². The molecule has 1 aliphatic carbocycles. The molecular weight excluding hydrogens is 140 g/mol. The highest BCUT2D eigenvalue weighted by atomic mass is 16.3. The Morgan fingerprint density at radius 3 is 2.82 bits per heavy atom. The van der Waals surface area contributed by atoms with Gasteiger partial charge < -0.3 is 5.11 Å². The molecule has 2 atom stereocenters. The van der Waals surface area contributed by atoms with E-state index < -0.39 is 0 Å². The molecular formula is C8H12N2O. The summed E-state index contributed by atoms with van der Waals surface area (Å²) in [7, 11) is 1.90. The first kappa shape index (κ1) is 6.85. The van der Waals surface area contributed by atoms with Gasteiger partial charge in [-0.15, -0.1) is 0 Å². The molecule has 11 heavy (non-hydrogen) atoms. The fraction of sp³-hybridized carbons (Fsp3) is 0.625. The Morgan fingerprint density at radius 2 is 2.45 bits per heavy atom. The molecule has 3 nitrogen and oxygen atoms in total. The Bertz CT molecular complexity index is 256. The molecule has 2 rings (SSSR count). The summed E-state index contributed by atoms with van der Waals surface area (Å²) < 4.78 is 1.78. The average Bonchev–Trinajstić information content (AvgIpc) is 2.33. The summed E-state index contributed by atoms with van der Waals surface area (Å²) >= 11 is 0. The second-order valence-electron chi connectivity index (χ2n) is 3.17. The Hall–Kier alpha value is -0.830. The number of aromatic nitrogens is 2. The van der Waals surface area contributed by atoms with Gasteiger partial charge in [0.1, 0.15) is 0 Å². The van der Waals surface area contributed by atoms with Crippen molar-refractivity contribution in [2.75, 3.05) is 0 Å². The predicted octanol–water partition coefficient (Wildman–Crippen LogP) is 0.658. The lowest BCUT2D eigenvalue weighted by Crippen LogP contribution is -2.29. The number of aliphatic hydroxyl groups is 1. The van der Waals surface area contributed by atoms with Crippen LogP contribution in [0.2, 0.25) is 0 Å². The predicted molar refractivity (Wildman–Crippen MR) is 41.2 cm³/mol. The maximum atomic E-state index is 9.32. The van der Waals surface area contributed by atoms with Gasteiger partial charge in [-0.25, -0.2) is 0 Å². The Kier molecular flexibility index (Phi) is 1.46. The minimum Gasteiger partial charge on any atom is -0.392 e. The maximum Gasteiger partial charge on any atom is 0.0681 e. The Balaban J connectivity index is 2.16. The third kappa shape index (κ3) is 1.05. The minimum absolute atomic E-state index is 0.148. The SMILES string of the molecule is Cn1ccc(C2CCC2O)n1. The van der Waals surface area contributed by atoms with E-state index in [2.05, 4.69) is 5.10 Å². The second-order valence-corrected chi connectivity index (χ2v) is 3.17. The van der Waals surface area contributed by atoms with Gasteiger partial charge in [0.05, 0.1) is 11.8 Å². The zero-order valence-electron chi connectivity index (χ0n) is 6.57. The van der Waals surface area contributed by atoms with Gasteiger partial charge >= 0.3 is 0 Å². The van der Waals surface area contributed by atoms with Crippen LogP contribution < -0.4 is 0 Å². The summed E-state index contributed by atoms with van der Waals surface area (Å²) in [6, 6.07) is 1.98. The van der Waals surface area contributed by atoms with Gasteiger partial charge in [0.15, 0.2) is 0 Å². The quantitative estimate of drug-likeness (QED) is 0.642. The first-order valence-corrected chi connectivity index (χ1v) is 3.95. The van der Waals surface area contributed by atoms with Crippen LogP contribution in [-0.4, -0.2) is 21.0 Å². The van der Waals surface area contributed by atoms with Crippen molar-refractivity contribution in [2.45, 2.75) is 24.9 Å². The van der Waals surface area contributed by atoms with Crippen LogP contribution in [0.4, 0.5) is 0 Å². The van der Waals surface area contributed by atoms with Crippen molar-refractivity contribution < 1.29 is 5.11 Å². The van der Waals surface area contributed by atoms with Gasteiger partial charge in [-0.2, -0.15) is 5.10 Å².